The van der Waals surface area contributed by atoms with Crippen molar-refractivity contribution >= 4 is 5.97 Å². The van der Waals surface area contributed by atoms with E-state index in [9.17, 15) is 4.79 Å². The molecule has 0 aromatic heterocycles. The minimum Gasteiger partial charge on any atom is -0.478 e. The fourth-order valence-corrected chi connectivity index (χ4v) is 0.387. The number of aliphatic hydroxyl groups is 1. The minimum atomic E-state index is -0.998. The Hall–Kier alpha value is -1.09. The van der Waals surface area contributed by atoms with Gasteiger partial charge in [-0.25, -0.2) is 4.79 Å². The van der Waals surface area contributed by atoms with E-state index in [1.54, 1.807) is 6.08 Å². The van der Waals surface area contributed by atoms with Crippen LogP contribution in [0.5, 0.6) is 0 Å². The fraction of sp³-hybridized carbons (Fsp3) is 0.286. The molecule has 3 heteroatoms. The summed E-state index contributed by atoms with van der Waals surface area (Å²) in [6.45, 7) is 3.23. The Morgan fingerprint density at radius 1 is 1.50 bits per heavy atom. The van der Waals surface area contributed by atoms with Crippen LogP contribution in [0.1, 0.15) is 6.42 Å². The summed E-state index contributed by atoms with van der Waals surface area (Å²) in [4.78, 5) is 10.1. The number of hydrogen-bond acceptors (Lipinski definition) is 2. The van der Waals surface area contributed by atoms with Crippen LogP contribution in [0, 0.1) is 0 Å². The molecule has 10 heavy (non-hydrogen) atoms. The molecule has 3 nitrogen and oxygen atoms in total. The van der Waals surface area contributed by atoms with Gasteiger partial charge < -0.3 is 10.2 Å². The van der Waals surface area contributed by atoms with Crippen molar-refractivity contribution in [1.82, 2.24) is 0 Å². The van der Waals surface area contributed by atoms with Crippen LogP contribution in [0.15, 0.2) is 24.3 Å². The van der Waals surface area contributed by atoms with E-state index in [4.69, 9.17) is 10.2 Å². The van der Waals surface area contributed by atoms with Crippen LogP contribution in [0.25, 0.3) is 0 Å². The van der Waals surface area contributed by atoms with E-state index >= 15 is 0 Å². The lowest BCUT2D eigenvalue weighted by Gasteiger charge is -1.91. The molecule has 0 saturated heterocycles. The molecule has 0 bridgehead atoms. The number of rotatable bonds is 4. The summed E-state index contributed by atoms with van der Waals surface area (Å²) in [5.41, 5.74) is 0.129. The van der Waals surface area contributed by atoms with Gasteiger partial charge in [-0.3, -0.25) is 0 Å². The van der Waals surface area contributed by atoms with Crippen molar-refractivity contribution in [3.63, 3.8) is 0 Å². The predicted molar refractivity (Wildman–Crippen MR) is 37.6 cm³/mol. The second-order valence-electron chi connectivity index (χ2n) is 1.77. The highest BCUT2D eigenvalue weighted by Gasteiger charge is 1.98. The Labute approximate surface area is 59.3 Å². The first-order valence-corrected chi connectivity index (χ1v) is 2.85. The summed E-state index contributed by atoms with van der Waals surface area (Å²) < 4.78 is 0. The number of carboxylic acids is 1. The molecule has 56 valence electrons. The minimum absolute atomic E-state index is 0.0626. The number of hydrogen-bond donors (Lipinski definition) is 2. The normalized spacial score (nSPS) is 10.1. The van der Waals surface area contributed by atoms with Crippen LogP contribution in [-0.4, -0.2) is 22.8 Å². The lowest BCUT2D eigenvalue weighted by atomic mass is 10.2. The quantitative estimate of drug-likeness (QED) is 0.445. The fourth-order valence-electron chi connectivity index (χ4n) is 0.387. The summed E-state index contributed by atoms with van der Waals surface area (Å²) in [7, 11) is 0. The van der Waals surface area contributed by atoms with E-state index in [0.717, 1.165) is 0 Å². The summed E-state index contributed by atoms with van der Waals surface area (Å²) in [5, 5.41) is 16.5. The van der Waals surface area contributed by atoms with Crippen LogP contribution >= 0.6 is 0 Å². The second kappa shape index (κ2) is 4.76. The van der Waals surface area contributed by atoms with Crippen molar-refractivity contribution in [1.29, 1.82) is 0 Å². The van der Waals surface area contributed by atoms with Gasteiger partial charge in [-0.2, -0.15) is 0 Å². The van der Waals surface area contributed by atoms with E-state index in [1.165, 1.54) is 6.08 Å². The lowest BCUT2D eigenvalue weighted by molar-refractivity contribution is -0.132. The highest BCUT2D eigenvalue weighted by Crippen LogP contribution is 1.97. The number of carboxylic acid groups (broad SMARTS) is 1. The van der Waals surface area contributed by atoms with Gasteiger partial charge >= 0.3 is 5.97 Å². The van der Waals surface area contributed by atoms with Gasteiger partial charge in [0.2, 0.25) is 0 Å². The average Bonchev–Trinajstić information content (AvgIpc) is 1.88. The molecule has 0 rings (SSSR count). The third-order valence-electron chi connectivity index (χ3n) is 0.939. The third kappa shape index (κ3) is 3.86. The van der Waals surface area contributed by atoms with Crippen LogP contribution in [0.4, 0.5) is 0 Å². The van der Waals surface area contributed by atoms with Gasteiger partial charge in [0.05, 0.1) is 6.61 Å². The molecule has 0 atom stereocenters. The molecule has 0 aromatic carbocycles. The molecular formula is C7H10O3. The molecule has 0 heterocycles. The molecule has 0 unspecified atom stereocenters. The molecule has 0 radical (unpaired) electrons. The summed E-state index contributed by atoms with van der Waals surface area (Å²) in [5.74, 6) is -0.998. The standard InChI is InChI=1S/C7H10O3/c1-6(7(9)10)4-2-3-5-8/h2-3,8H,1,4-5H2,(H,9,10)/b3-2+. The SMILES string of the molecule is C=C(C/C=C/CO)C(=O)O. The number of aliphatic carboxylic acids is 1. The molecular weight excluding hydrogens is 132 g/mol. The smallest absolute Gasteiger partial charge is 0.331 e. The highest BCUT2D eigenvalue weighted by molar-refractivity contribution is 5.85. The van der Waals surface area contributed by atoms with E-state index in [0.29, 0.717) is 0 Å². The third-order valence-corrected chi connectivity index (χ3v) is 0.939. The van der Waals surface area contributed by atoms with E-state index in [2.05, 4.69) is 6.58 Å². The van der Waals surface area contributed by atoms with Gasteiger partial charge in [0.1, 0.15) is 0 Å². The van der Waals surface area contributed by atoms with Gasteiger partial charge in [-0.05, 0) is 6.42 Å². The van der Waals surface area contributed by atoms with Crippen LogP contribution in [-0.2, 0) is 4.79 Å². The van der Waals surface area contributed by atoms with Gasteiger partial charge in [0, 0.05) is 5.57 Å². The molecule has 2 N–H and O–H groups in total. The van der Waals surface area contributed by atoms with Gasteiger partial charge in [0.15, 0.2) is 0 Å². The first kappa shape index (κ1) is 8.91. The Balaban J connectivity index is 3.60. The summed E-state index contributed by atoms with van der Waals surface area (Å²) in [6.07, 6.45) is 3.33. The molecule has 0 spiro atoms. The van der Waals surface area contributed by atoms with Crippen molar-refractivity contribution in [2.45, 2.75) is 6.42 Å². The second-order valence-corrected chi connectivity index (χ2v) is 1.77. The maximum absolute atomic E-state index is 10.1. The molecule has 0 aliphatic rings. The molecule has 0 amide bonds. The van der Waals surface area contributed by atoms with Gasteiger partial charge in [-0.1, -0.05) is 18.7 Å². The van der Waals surface area contributed by atoms with Crippen molar-refractivity contribution in [3.8, 4) is 0 Å². The molecule has 0 aliphatic carbocycles. The van der Waals surface area contributed by atoms with Crippen LogP contribution in [0.2, 0.25) is 0 Å². The molecule has 0 aromatic rings. The lowest BCUT2D eigenvalue weighted by Crippen LogP contribution is -1.96. The maximum atomic E-state index is 10.1. The average molecular weight is 142 g/mol. The van der Waals surface area contributed by atoms with Crippen LogP contribution in [0.3, 0.4) is 0 Å². The maximum Gasteiger partial charge on any atom is 0.331 e. The molecule has 0 saturated carbocycles. The monoisotopic (exact) mass is 142 g/mol. The zero-order chi connectivity index (χ0) is 7.98. The predicted octanol–water partition coefficient (Wildman–Crippen LogP) is 0.566. The van der Waals surface area contributed by atoms with Crippen molar-refractivity contribution in [3.05, 3.63) is 24.3 Å². The first-order chi connectivity index (χ1) is 4.68. The summed E-state index contributed by atoms with van der Waals surface area (Å²) >= 11 is 0. The van der Waals surface area contributed by atoms with E-state index < -0.39 is 5.97 Å². The van der Waals surface area contributed by atoms with Crippen LogP contribution < -0.4 is 0 Å². The highest BCUT2D eigenvalue weighted by atomic mass is 16.4. The zero-order valence-corrected chi connectivity index (χ0v) is 5.58. The molecule has 0 fully saturated rings. The first-order valence-electron chi connectivity index (χ1n) is 2.85. The zero-order valence-electron chi connectivity index (χ0n) is 5.58. The van der Waals surface area contributed by atoms with Crippen molar-refractivity contribution in [2.24, 2.45) is 0 Å². The van der Waals surface area contributed by atoms with Gasteiger partial charge in [0.25, 0.3) is 0 Å². The Morgan fingerprint density at radius 3 is 2.50 bits per heavy atom. The largest absolute Gasteiger partial charge is 0.478 e. The topological polar surface area (TPSA) is 57.5 Å². The molecule has 0 aliphatic heterocycles. The Bertz CT molecular complexity index is 158. The van der Waals surface area contributed by atoms with E-state index in [1.807, 2.05) is 0 Å². The van der Waals surface area contributed by atoms with Gasteiger partial charge in [-0.15, -0.1) is 0 Å². The van der Waals surface area contributed by atoms with E-state index in [-0.39, 0.29) is 18.6 Å². The number of aliphatic hydroxyl groups excluding tert-OH is 1. The van der Waals surface area contributed by atoms with Crippen molar-refractivity contribution in [2.75, 3.05) is 6.61 Å². The number of carbonyl (C=O) groups is 1. The summed E-state index contributed by atoms with van der Waals surface area (Å²) in [6, 6.07) is 0. The van der Waals surface area contributed by atoms with Crippen molar-refractivity contribution < 1.29 is 15.0 Å². The number of allylic oxidation sites excluding steroid dienone is 1. The Kier molecular flexibility index (Phi) is 4.24. The Morgan fingerprint density at radius 2 is 2.10 bits per heavy atom.